The Bertz CT molecular complexity index is 757. The van der Waals surface area contributed by atoms with Crippen molar-refractivity contribution in [3.05, 3.63) is 31.1 Å². The van der Waals surface area contributed by atoms with Crippen LogP contribution in [-0.2, 0) is 4.74 Å². The summed E-state index contributed by atoms with van der Waals surface area (Å²) in [7, 11) is 0. The molecule has 1 N–H and O–H groups in total. The number of amides is 2. The van der Waals surface area contributed by atoms with Gasteiger partial charge in [0, 0.05) is 19.6 Å². The van der Waals surface area contributed by atoms with Crippen molar-refractivity contribution < 1.29 is 23.8 Å². The van der Waals surface area contributed by atoms with Crippen LogP contribution in [0.3, 0.4) is 0 Å². The lowest BCUT2D eigenvalue weighted by atomic mass is 10.1. The summed E-state index contributed by atoms with van der Waals surface area (Å²) < 4.78 is 20.1. The number of benzene rings is 1. The van der Waals surface area contributed by atoms with Crippen molar-refractivity contribution >= 4 is 57.8 Å². The molecule has 0 spiro atoms. The Morgan fingerprint density at radius 1 is 1.37 bits per heavy atom. The summed E-state index contributed by atoms with van der Waals surface area (Å²) in [6.45, 7) is 5.25. The van der Waals surface area contributed by atoms with Gasteiger partial charge in [-0.05, 0) is 49.4 Å². The molecule has 0 radical (unpaired) electrons. The van der Waals surface area contributed by atoms with Gasteiger partial charge in [0.25, 0.3) is 5.91 Å². The van der Waals surface area contributed by atoms with Crippen LogP contribution in [0.15, 0.2) is 6.07 Å². The highest BCUT2D eigenvalue weighted by molar-refractivity contribution is 14.1. The molecular formula is C17H20Cl2FIN2O4. The molecule has 1 aliphatic rings. The van der Waals surface area contributed by atoms with Crippen molar-refractivity contribution in [1.29, 1.82) is 0 Å². The molecule has 1 saturated heterocycles. The molecule has 6 nitrogen and oxygen atoms in total. The summed E-state index contributed by atoms with van der Waals surface area (Å²) in [6, 6.07) is 0.525. The summed E-state index contributed by atoms with van der Waals surface area (Å²) in [5.41, 5.74) is -0.925. The standard InChI is InChI=1S/C17H20Cl2FIN2O4/c1-17(2,3)27-16(26)22-4-5-23(9(7-22)8-24)15(25)10-6-11(18)14(21)12(19)13(10)20/h6,9,24H,4-5,7-8H2,1-3H3/t9-/m0/s1. The van der Waals surface area contributed by atoms with Gasteiger partial charge in [0.05, 0.1) is 31.8 Å². The highest BCUT2D eigenvalue weighted by Gasteiger charge is 2.35. The second-order valence-corrected chi connectivity index (χ2v) is 8.97. The van der Waals surface area contributed by atoms with Crippen LogP contribution in [0.25, 0.3) is 0 Å². The van der Waals surface area contributed by atoms with E-state index in [0.717, 1.165) is 0 Å². The van der Waals surface area contributed by atoms with E-state index in [1.807, 2.05) is 0 Å². The fraction of sp³-hybridized carbons (Fsp3) is 0.529. The van der Waals surface area contributed by atoms with Gasteiger partial charge in [-0.25, -0.2) is 9.18 Å². The number of nitrogens with zero attached hydrogens (tertiary/aromatic N) is 2. The zero-order valence-corrected chi connectivity index (χ0v) is 18.7. The van der Waals surface area contributed by atoms with Crippen LogP contribution in [0.1, 0.15) is 31.1 Å². The van der Waals surface area contributed by atoms with Gasteiger partial charge in [-0.15, -0.1) is 0 Å². The van der Waals surface area contributed by atoms with Crippen molar-refractivity contribution in [3.63, 3.8) is 0 Å². The van der Waals surface area contributed by atoms with Gasteiger partial charge in [-0.3, -0.25) is 4.79 Å². The summed E-state index contributed by atoms with van der Waals surface area (Å²) in [6.07, 6.45) is -0.528. The van der Waals surface area contributed by atoms with E-state index < -0.39 is 36.1 Å². The fourth-order valence-corrected chi connectivity index (χ4v) is 3.50. The number of aliphatic hydroxyl groups excluding tert-OH is 1. The largest absolute Gasteiger partial charge is 0.444 e. The Morgan fingerprint density at radius 2 is 2.00 bits per heavy atom. The van der Waals surface area contributed by atoms with Gasteiger partial charge in [0.1, 0.15) is 5.60 Å². The molecule has 0 unspecified atom stereocenters. The molecule has 0 aromatic heterocycles. The molecule has 0 aliphatic carbocycles. The van der Waals surface area contributed by atoms with Gasteiger partial charge < -0.3 is 19.6 Å². The zero-order chi connectivity index (χ0) is 20.5. The number of aliphatic hydroxyl groups is 1. The summed E-state index contributed by atoms with van der Waals surface area (Å²) >= 11 is 13.7. The first-order valence-corrected chi connectivity index (χ1v) is 10.0. The van der Waals surface area contributed by atoms with Crippen LogP contribution in [0.2, 0.25) is 10.0 Å². The number of rotatable bonds is 2. The molecular weight excluding hydrogens is 513 g/mol. The van der Waals surface area contributed by atoms with Gasteiger partial charge >= 0.3 is 6.09 Å². The second kappa shape index (κ2) is 8.67. The van der Waals surface area contributed by atoms with E-state index in [4.69, 9.17) is 27.9 Å². The molecule has 1 aliphatic heterocycles. The Hall–Kier alpha value is -0.840. The van der Waals surface area contributed by atoms with E-state index in [1.54, 1.807) is 43.4 Å². The molecule has 27 heavy (non-hydrogen) atoms. The van der Waals surface area contributed by atoms with Crippen molar-refractivity contribution in [1.82, 2.24) is 9.80 Å². The number of carbonyl (C=O) groups is 2. The average molecular weight is 533 g/mol. The van der Waals surface area contributed by atoms with E-state index in [2.05, 4.69) is 0 Å². The van der Waals surface area contributed by atoms with Crippen molar-refractivity contribution in [3.8, 4) is 0 Å². The minimum atomic E-state index is -0.860. The van der Waals surface area contributed by atoms with E-state index in [1.165, 1.54) is 15.9 Å². The lowest BCUT2D eigenvalue weighted by Crippen LogP contribution is -2.58. The van der Waals surface area contributed by atoms with E-state index >= 15 is 0 Å². The normalized spacial score (nSPS) is 17.9. The van der Waals surface area contributed by atoms with Crippen LogP contribution >= 0.6 is 45.8 Å². The maximum Gasteiger partial charge on any atom is 0.410 e. The molecule has 1 fully saturated rings. The molecule has 1 aromatic rings. The van der Waals surface area contributed by atoms with E-state index in [0.29, 0.717) is 3.57 Å². The lowest BCUT2D eigenvalue weighted by molar-refractivity contribution is -0.00255. The highest BCUT2D eigenvalue weighted by Crippen LogP contribution is 2.32. The summed E-state index contributed by atoms with van der Waals surface area (Å²) in [5, 5.41) is 9.63. The first-order chi connectivity index (χ1) is 12.5. The van der Waals surface area contributed by atoms with Gasteiger partial charge in [-0.2, -0.15) is 0 Å². The molecule has 1 heterocycles. The topological polar surface area (TPSA) is 70.1 Å². The van der Waals surface area contributed by atoms with Crippen molar-refractivity contribution in [2.45, 2.75) is 32.4 Å². The van der Waals surface area contributed by atoms with E-state index in [-0.39, 0.29) is 35.2 Å². The molecule has 2 amide bonds. The number of halogens is 4. The quantitative estimate of drug-likeness (QED) is 0.357. The highest BCUT2D eigenvalue weighted by atomic mass is 127. The van der Waals surface area contributed by atoms with Crippen LogP contribution in [-0.4, -0.2) is 64.8 Å². The molecule has 1 atom stereocenters. The van der Waals surface area contributed by atoms with Crippen LogP contribution < -0.4 is 0 Å². The average Bonchev–Trinajstić information content (AvgIpc) is 2.60. The third kappa shape index (κ3) is 5.16. The number of hydrogen-bond acceptors (Lipinski definition) is 4. The first kappa shape index (κ1) is 22.4. The molecule has 150 valence electrons. The predicted molar refractivity (Wildman–Crippen MR) is 109 cm³/mol. The van der Waals surface area contributed by atoms with Gasteiger partial charge in [0.15, 0.2) is 5.82 Å². The smallest absolute Gasteiger partial charge is 0.410 e. The third-order valence-corrected chi connectivity index (χ3v) is 6.35. The van der Waals surface area contributed by atoms with Crippen LogP contribution in [0.5, 0.6) is 0 Å². The maximum absolute atomic E-state index is 14.5. The van der Waals surface area contributed by atoms with E-state index in [9.17, 15) is 19.1 Å². The van der Waals surface area contributed by atoms with Gasteiger partial charge in [-0.1, -0.05) is 23.2 Å². The molecule has 2 rings (SSSR count). The monoisotopic (exact) mass is 532 g/mol. The number of ether oxygens (including phenoxy) is 1. The molecule has 1 aromatic carbocycles. The first-order valence-electron chi connectivity index (χ1n) is 8.19. The fourth-order valence-electron chi connectivity index (χ4n) is 2.65. The molecule has 0 saturated carbocycles. The Morgan fingerprint density at radius 3 is 2.56 bits per heavy atom. The Balaban J connectivity index is 2.21. The van der Waals surface area contributed by atoms with Crippen LogP contribution in [0.4, 0.5) is 9.18 Å². The van der Waals surface area contributed by atoms with Gasteiger partial charge in [0.2, 0.25) is 0 Å². The summed E-state index contributed by atoms with van der Waals surface area (Å²) in [5.74, 6) is -1.50. The maximum atomic E-state index is 14.5. The summed E-state index contributed by atoms with van der Waals surface area (Å²) in [4.78, 5) is 27.8. The van der Waals surface area contributed by atoms with Crippen molar-refractivity contribution in [2.75, 3.05) is 26.2 Å². The number of hydrogen-bond donors (Lipinski definition) is 1. The predicted octanol–water partition coefficient (Wildman–Crippen LogP) is 3.79. The molecule has 10 heteroatoms. The molecule has 0 bridgehead atoms. The Kier molecular flexibility index (Phi) is 7.21. The minimum Gasteiger partial charge on any atom is -0.444 e. The number of piperazine rings is 1. The zero-order valence-electron chi connectivity index (χ0n) is 15.1. The van der Waals surface area contributed by atoms with Crippen LogP contribution in [0, 0.1) is 9.39 Å². The minimum absolute atomic E-state index is 0.0740. The lowest BCUT2D eigenvalue weighted by Gasteiger charge is -2.41. The number of carbonyl (C=O) groups excluding carboxylic acids is 2. The second-order valence-electron chi connectivity index (χ2n) is 7.11. The Labute approximate surface area is 180 Å². The van der Waals surface area contributed by atoms with Crippen molar-refractivity contribution in [2.24, 2.45) is 0 Å². The third-order valence-electron chi connectivity index (χ3n) is 3.94. The SMILES string of the molecule is CC(C)(C)OC(=O)N1CCN(C(=O)c2cc(Cl)c(I)c(Cl)c2F)[C@H](CO)C1.